The number of carboxylic acids is 1. The Morgan fingerprint density at radius 1 is 1.26 bits per heavy atom. The molecule has 0 aromatic heterocycles. The molecule has 0 amide bonds. The summed E-state index contributed by atoms with van der Waals surface area (Å²) in [5.41, 5.74) is -0.165. The molecule has 0 bridgehead atoms. The van der Waals surface area contributed by atoms with Gasteiger partial charge in [-0.3, -0.25) is 4.79 Å². The summed E-state index contributed by atoms with van der Waals surface area (Å²) >= 11 is 0. The number of carbonyl (C=O) groups is 1. The van der Waals surface area contributed by atoms with E-state index in [9.17, 15) is 9.90 Å². The van der Waals surface area contributed by atoms with E-state index in [-0.39, 0.29) is 0 Å². The van der Waals surface area contributed by atoms with Crippen molar-refractivity contribution in [2.45, 2.75) is 59.3 Å². The number of aliphatic carboxylic acids is 1. The van der Waals surface area contributed by atoms with Crippen molar-refractivity contribution in [1.82, 2.24) is 0 Å². The molecule has 1 unspecified atom stereocenters. The van der Waals surface area contributed by atoms with E-state index in [1.807, 2.05) is 0 Å². The van der Waals surface area contributed by atoms with Crippen LogP contribution in [0.4, 0.5) is 0 Å². The van der Waals surface area contributed by atoms with Crippen LogP contribution in [0.2, 0.25) is 0 Å². The summed E-state index contributed by atoms with van der Waals surface area (Å²) in [5.74, 6) is 0.550. The third-order valence-corrected chi connectivity index (χ3v) is 5.32. The van der Waals surface area contributed by atoms with E-state index in [0.717, 1.165) is 51.7 Å². The molecule has 1 atom stereocenters. The summed E-state index contributed by atoms with van der Waals surface area (Å²) in [6.45, 7) is 8.39. The highest BCUT2D eigenvalue weighted by molar-refractivity contribution is 5.74. The zero-order chi connectivity index (χ0) is 14.1. The first-order chi connectivity index (χ1) is 8.83. The van der Waals surface area contributed by atoms with Gasteiger partial charge in [-0.1, -0.05) is 20.8 Å². The normalized spacial score (nSPS) is 36.4. The Balaban J connectivity index is 2.00. The summed E-state index contributed by atoms with van der Waals surface area (Å²) in [7, 11) is 0. The van der Waals surface area contributed by atoms with Gasteiger partial charge in [0, 0.05) is 13.2 Å². The van der Waals surface area contributed by atoms with Gasteiger partial charge in [-0.2, -0.15) is 0 Å². The summed E-state index contributed by atoms with van der Waals surface area (Å²) in [6.07, 6.45) is 5.67. The lowest BCUT2D eigenvalue weighted by atomic mass is 9.61. The molecule has 2 fully saturated rings. The number of rotatable bonds is 3. The molecular weight excluding hydrogens is 240 g/mol. The van der Waals surface area contributed by atoms with E-state index in [2.05, 4.69) is 20.8 Å². The Kier molecular flexibility index (Phi) is 4.24. The maximum absolute atomic E-state index is 11.8. The second-order valence-corrected chi connectivity index (χ2v) is 7.66. The van der Waals surface area contributed by atoms with Crippen LogP contribution < -0.4 is 0 Å². The second-order valence-electron chi connectivity index (χ2n) is 7.66. The lowest BCUT2D eigenvalue weighted by Crippen LogP contribution is -2.39. The molecule has 1 heterocycles. The van der Waals surface area contributed by atoms with Gasteiger partial charge >= 0.3 is 5.97 Å². The van der Waals surface area contributed by atoms with E-state index in [0.29, 0.717) is 17.3 Å². The van der Waals surface area contributed by atoms with Gasteiger partial charge in [0.25, 0.3) is 0 Å². The molecule has 2 aliphatic rings. The summed E-state index contributed by atoms with van der Waals surface area (Å²) < 4.78 is 5.41. The third kappa shape index (κ3) is 3.31. The van der Waals surface area contributed by atoms with Crippen molar-refractivity contribution in [3.8, 4) is 0 Å². The zero-order valence-corrected chi connectivity index (χ0v) is 12.6. The van der Waals surface area contributed by atoms with Gasteiger partial charge in [-0.25, -0.2) is 0 Å². The molecule has 1 N–H and O–H groups in total. The molecule has 110 valence electrons. The lowest BCUT2D eigenvalue weighted by molar-refractivity contribution is -0.153. The molecule has 1 saturated carbocycles. The SMILES string of the molecule is CC(C)(C)C1CCC(CC2CCOC2)(C(=O)O)CC1. The van der Waals surface area contributed by atoms with Crippen molar-refractivity contribution in [2.75, 3.05) is 13.2 Å². The Bertz CT molecular complexity index is 315. The molecule has 0 spiro atoms. The van der Waals surface area contributed by atoms with Crippen LogP contribution in [0, 0.1) is 22.7 Å². The first-order valence-corrected chi connectivity index (χ1v) is 7.65. The van der Waals surface area contributed by atoms with Crippen molar-refractivity contribution < 1.29 is 14.6 Å². The van der Waals surface area contributed by atoms with E-state index in [4.69, 9.17) is 4.74 Å². The maximum atomic E-state index is 11.8. The summed E-state index contributed by atoms with van der Waals surface area (Å²) in [5, 5.41) is 9.70. The second kappa shape index (κ2) is 5.43. The smallest absolute Gasteiger partial charge is 0.309 e. The molecule has 19 heavy (non-hydrogen) atoms. The van der Waals surface area contributed by atoms with Crippen molar-refractivity contribution in [3.05, 3.63) is 0 Å². The fourth-order valence-electron chi connectivity index (χ4n) is 3.84. The topological polar surface area (TPSA) is 46.5 Å². The Morgan fingerprint density at radius 2 is 1.89 bits per heavy atom. The van der Waals surface area contributed by atoms with Crippen LogP contribution in [-0.4, -0.2) is 24.3 Å². The molecule has 1 aliphatic heterocycles. The fourth-order valence-corrected chi connectivity index (χ4v) is 3.84. The predicted octanol–water partition coefficient (Wildman–Crippen LogP) is 3.72. The fraction of sp³-hybridized carbons (Fsp3) is 0.938. The standard InChI is InChI=1S/C16H28O3/c1-15(2,3)13-4-7-16(8-5-13,14(17)18)10-12-6-9-19-11-12/h12-13H,4-11H2,1-3H3,(H,17,18). The summed E-state index contributed by atoms with van der Waals surface area (Å²) in [6, 6.07) is 0. The van der Waals surface area contributed by atoms with Crippen LogP contribution in [0.15, 0.2) is 0 Å². The maximum Gasteiger partial charge on any atom is 0.309 e. The first kappa shape index (κ1) is 14.8. The molecule has 0 aromatic carbocycles. The highest BCUT2D eigenvalue weighted by Crippen LogP contribution is 2.49. The van der Waals surface area contributed by atoms with Gasteiger partial charge in [-0.15, -0.1) is 0 Å². The van der Waals surface area contributed by atoms with Crippen LogP contribution in [-0.2, 0) is 9.53 Å². The van der Waals surface area contributed by atoms with E-state index in [1.165, 1.54) is 0 Å². The van der Waals surface area contributed by atoms with Crippen LogP contribution in [0.5, 0.6) is 0 Å². The van der Waals surface area contributed by atoms with Crippen molar-refractivity contribution >= 4 is 5.97 Å². The minimum atomic E-state index is -0.577. The molecule has 2 rings (SSSR count). The van der Waals surface area contributed by atoms with Crippen LogP contribution in [0.1, 0.15) is 59.3 Å². The average Bonchev–Trinajstić information content (AvgIpc) is 2.81. The molecule has 0 radical (unpaired) electrons. The van der Waals surface area contributed by atoms with Crippen molar-refractivity contribution in [2.24, 2.45) is 22.7 Å². The minimum absolute atomic E-state index is 0.307. The number of carboxylic acid groups (broad SMARTS) is 1. The number of hydrogen-bond donors (Lipinski definition) is 1. The highest BCUT2D eigenvalue weighted by atomic mass is 16.5. The molecule has 3 nitrogen and oxygen atoms in total. The van der Waals surface area contributed by atoms with Gasteiger partial charge in [0.15, 0.2) is 0 Å². The summed E-state index contributed by atoms with van der Waals surface area (Å²) in [4.78, 5) is 11.8. The largest absolute Gasteiger partial charge is 0.481 e. The third-order valence-electron chi connectivity index (χ3n) is 5.32. The quantitative estimate of drug-likeness (QED) is 0.848. The number of hydrogen-bond acceptors (Lipinski definition) is 2. The van der Waals surface area contributed by atoms with Crippen molar-refractivity contribution in [3.63, 3.8) is 0 Å². The monoisotopic (exact) mass is 268 g/mol. The van der Waals surface area contributed by atoms with Crippen molar-refractivity contribution in [1.29, 1.82) is 0 Å². The Labute approximate surface area is 116 Å². The van der Waals surface area contributed by atoms with Gasteiger partial charge in [0.1, 0.15) is 0 Å². The molecule has 1 saturated heterocycles. The number of ether oxygens (including phenoxy) is 1. The Hall–Kier alpha value is -0.570. The van der Waals surface area contributed by atoms with Gasteiger partial charge in [0.2, 0.25) is 0 Å². The zero-order valence-electron chi connectivity index (χ0n) is 12.6. The van der Waals surface area contributed by atoms with E-state index >= 15 is 0 Å². The molecule has 3 heteroatoms. The van der Waals surface area contributed by atoms with Crippen LogP contribution in [0.3, 0.4) is 0 Å². The van der Waals surface area contributed by atoms with Crippen LogP contribution in [0.25, 0.3) is 0 Å². The van der Waals surface area contributed by atoms with Gasteiger partial charge in [0.05, 0.1) is 5.41 Å². The average molecular weight is 268 g/mol. The molecule has 0 aromatic rings. The van der Waals surface area contributed by atoms with Crippen LogP contribution >= 0.6 is 0 Å². The minimum Gasteiger partial charge on any atom is -0.481 e. The van der Waals surface area contributed by atoms with Gasteiger partial charge in [-0.05, 0) is 55.8 Å². The first-order valence-electron chi connectivity index (χ1n) is 7.65. The lowest BCUT2D eigenvalue weighted by Gasteiger charge is -2.42. The van der Waals surface area contributed by atoms with Gasteiger partial charge < -0.3 is 9.84 Å². The molecule has 1 aliphatic carbocycles. The van der Waals surface area contributed by atoms with E-state index in [1.54, 1.807) is 0 Å². The highest BCUT2D eigenvalue weighted by Gasteiger charge is 2.45. The van der Waals surface area contributed by atoms with E-state index < -0.39 is 11.4 Å². The molecular formula is C16H28O3. The predicted molar refractivity (Wildman–Crippen MR) is 75.0 cm³/mol. The Morgan fingerprint density at radius 3 is 2.32 bits per heavy atom.